The van der Waals surface area contributed by atoms with E-state index in [-0.39, 0.29) is 18.5 Å². The van der Waals surface area contributed by atoms with Crippen molar-refractivity contribution in [2.24, 2.45) is 7.05 Å². The average Bonchev–Trinajstić information content (AvgIpc) is 3.43. The number of benzene rings is 2. The van der Waals surface area contributed by atoms with Gasteiger partial charge in [0.15, 0.2) is 11.5 Å². The Labute approximate surface area is 213 Å². The van der Waals surface area contributed by atoms with Gasteiger partial charge in [0, 0.05) is 29.1 Å². The van der Waals surface area contributed by atoms with Crippen molar-refractivity contribution in [2.75, 3.05) is 26.1 Å². The highest BCUT2D eigenvalue weighted by Gasteiger charge is 2.25. The number of nitrogens with one attached hydrogen (secondary N) is 1. The quantitative estimate of drug-likeness (QED) is 0.324. The van der Waals surface area contributed by atoms with Crippen LogP contribution in [0, 0.1) is 6.92 Å². The highest BCUT2D eigenvalue weighted by molar-refractivity contribution is 7.20. The molecule has 0 spiro atoms. The summed E-state index contributed by atoms with van der Waals surface area (Å²) in [5.41, 5.74) is 2.56. The topological polar surface area (TPSA) is 91.7 Å². The van der Waals surface area contributed by atoms with Crippen molar-refractivity contribution in [2.45, 2.75) is 26.2 Å². The fourth-order valence-electron chi connectivity index (χ4n) is 3.89. The molecule has 2 heterocycles. The number of aromatic nitrogens is 2. The molecule has 0 fully saturated rings. The van der Waals surface area contributed by atoms with Crippen molar-refractivity contribution in [3.8, 4) is 11.5 Å². The van der Waals surface area contributed by atoms with Crippen LogP contribution in [0.3, 0.4) is 0 Å². The maximum absolute atomic E-state index is 12.7. The van der Waals surface area contributed by atoms with Gasteiger partial charge in [0.1, 0.15) is 16.3 Å². The first-order valence-electron chi connectivity index (χ1n) is 11.4. The number of carbonyl (C=O) groups is 2. The molecule has 0 saturated heterocycles. The number of hydrogen-bond acceptors (Lipinski definition) is 7. The zero-order valence-corrected chi connectivity index (χ0v) is 22.0. The standard InChI is InChI=1S/C27H29N3O5S/c1-16-20-14-23(36-25(20)30(4)29-16)26(32)35-15-27(2,3)18-8-10-19(11-9-18)28-24(31)17-7-12-21(33-5)22(13-17)34-6/h7-14H,15H2,1-6H3,(H,28,31). The van der Waals surface area contributed by atoms with E-state index in [1.54, 1.807) is 30.0 Å². The largest absolute Gasteiger partial charge is 0.493 e. The third-order valence-corrected chi connectivity index (χ3v) is 7.21. The Bertz CT molecular complexity index is 1380. The van der Waals surface area contributed by atoms with Gasteiger partial charge in [-0.25, -0.2) is 4.79 Å². The molecule has 0 unspecified atom stereocenters. The summed E-state index contributed by atoms with van der Waals surface area (Å²) in [6.07, 6.45) is 0. The molecular weight excluding hydrogens is 478 g/mol. The Morgan fingerprint density at radius 2 is 1.72 bits per heavy atom. The summed E-state index contributed by atoms with van der Waals surface area (Å²) in [7, 11) is 4.94. The summed E-state index contributed by atoms with van der Waals surface area (Å²) >= 11 is 1.38. The average molecular weight is 508 g/mol. The lowest BCUT2D eigenvalue weighted by molar-refractivity contribution is 0.0432. The van der Waals surface area contributed by atoms with Crippen molar-refractivity contribution >= 4 is 39.1 Å². The van der Waals surface area contributed by atoms with Crippen LogP contribution < -0.4 is 14.8 Å². The minimum absolute atomic E-state index is 0.217. The predicted octanol–water partition coefficient (Wildman–Crippen LogP) is 5.35. The normalized spacial score (nSPS) is 11.4. The maximum atomic E-state index is 12.7. The van der Waals surface area contributed by atoms with Crippen molar-refractivity contribution in [1.82, 2.24) is 9.78 Å². The van der Waals surface area contributed by atoms with E-state index >= 15 is 0 Å². The van der Waals surface area contributed by atoms with E-state index in [2.05, 4.69) is 10.4 Å². The fourth-order valence-corrected chi connectivity index (χ4v) is 4.91. The monoisotopic (exact) mass is 507 g/mol. The Hall–Kier alpha value is -3.85. The second kappa shape index (κ2) is 10.0. The number of nitrogens with zero attached hydrogens (tertiary/aromatic N) is 2. The molecular formula is C27H29N3O5S. The van der Waals surface area contributed by atoms with E-state index in [9.17, 15) is 9.59 Å². The minimum atomic E-state index is -0.421. The molecule has 0 atom stereocenters. The van der Waals surface area contributed by atoms with E-state index < -0.39 is 5.41 Å². The zero-order chi connectivity index (χ0) is 26.0. The highest BCUT2D eigenvalue weighted by Crippen LogP contribution is 2.31. The number of fused-ring (bicyclic) bond motifs is 1. The first-order chi connectivity index (χ1) is 17.1. The van der Waals surface area contributed by atoms with Crippen LogP contribution in [-0.4, -0.2) is 42.5 Å². The number of anilines is 1. The number of rotatable bonds is 8. The summed E-state index contributed by atoms with van der Waals surface area (Å²) in [6.45, 7) is 6.16. The van der Waals surface area contributed by atoms with Crippen molar-refractivity contribution in [1.29, 1.82) is 0 Å². The molecule has 0 bridgehead atoms. The molecule has 0 aliphatic rings. The molecule has 2 aromatic carbocycles. The smallest absolute Gasteiger partial charge is 0.348 e. The Morgan fingerprint density at radius 1 is 1.03 bits per heavy atom. The molecule has 1 amide bonds. The van der Waals surface area contributed by atoms with E-state index in [0.717, 1.165) is 21.5 Å². The van der Waals surface area contributed by atoms with Crippen LogP contribution in [0.5, 0.6) is 11.5 Å². The summed E-state index contributed by atoms with van der Waals surface area (Å²) in [6, 6.07) is 14.4. The predicted molar refractivity (Wildman–Crippen MR) is 141 cm³/mol. The number of methoxy groups -OCH3 is 2. The Balaban J connectivity index is 1.39. The molecule has 36 heavy (non-hydrogen) atoms. The van der Waals surface area contributed by atoms with Gasteiger partial charge in [0.2, 0.25) is 0 Å². The van der Waals surface area contributed by atoms with Gasteiger partial charge >= 0.3 is 5.97 Å². The molecule has 2 aromatic heterocycles. The summed E-state index contributed by atoms with van der Waals surface area (Å²) in [5, 5.41) is 8.23. The zero-order valence-electron chi connectivity index (χ0n) is 21.2. The molecule has 4 aromatic rings. The maximum Gasteiger partial charge on any atom is 0.348 e. The van der Waals surface area contributed by atoms with Gasteiger partial charge in [-0.15, -0.1) is 11.3 Å². The molecule has 9 heteroatoms. The summed E-state index contributed by atoms with van der Waals surface area (Å²) < 4.78 is 17.9. The van der Waals surface area contributed by atoms with Gasteiger partial charge in [-0.1, -0.05) is 26.0 Å². The first-order valence-corrected chi connectivity index (χ1v) is 12.2. The number of hydrogen-bond donors (Lipinski definition) is 1. The van der Waals surface area contributed by atoms with E-state index in [1.165, 1.54) is 18.4 Å². The number of thiophene rings is 1. The lowest BCUT2D eigenvalue weighted by Crippen LogP contribution is -2.26. The van der Waals surface area contributed by atoms with Gasteiger partial charge in [-0.2, -0.15) is 5.10 Å². The molecule has 0 saturated carbocycles. The van der Waals surface area contributed by atoms with Crippen LogP contribution in [0.2, 0.25) is 0 Å². The number of amides is 1. The van der Waals surface area contributed by atoms with Crippen molar-refractivity contribution in [3.05, 3.63) is 70.2 Å². The second-order valence-electron chi connectivity index (χ2n) is 9.10. The Morgan fingerprint density at radius 3 is 2.36 bits per heavy atom. The lowest BCUT2D eigenvalue weighted by atomic mass is 9.85. The lowest BCUT2D eigenvalue weighted by Gasteiger charge is -2.25. The van der Waals surface area contributed by atoms with Gasteiger partial charge in [0.05, 0.1) is 19.9 Å². The first kappa shape index (κ1) is 25.2. The Kier molecular flexibility index (Phi) is 7.03. The van der Waals surface area contributed by atoms with Gasteiger partial charge in [-0.05, 0) is 48.9 Å². The van der Waals surface area contributed by atoms with E-state index in [1.807, 2.05) is 58.2 Å². The third kappa shape index (κ3) is 5.06. The molecule has 0 radical (unpaired) electrons. The molecule has 0 aliphatic carbocycles. The molecule has 4 rings (SSSR count). The van der Waals surface area contributed by atoms with Crippen molar-refractivity contribution < 1.29 is 23.8 Å². The second-order valence-corrected chi connectivity index (χ2v) is 10.1. The van der Waals surface area contributed by atoms with Crippen molar-refractivity contribution in [3.63, 3.8) is 0 Å². The summed E-state index contributed by atoms with van der Waals surface area (Å²) in [4.78, 5) is 26.9. The van der Waals surface area contributed by atoms with Crippen LogP contribution in [0.1, 0.15) is 45.1 Å². The van der Waals surface area contributed by atoms with E-state index in [0.29, 0.717) is 27.6 Å². The third-order valence-electron chi connectivity index (χ3n) is 6.03. The van der Waals surface area contributed by atoms with Gasteiger partial charge in [0.25, 0.3) is 5.91 Å². The van der Waals surface area contributed by atoms with Crippen LogP contribution in [0.4, 0.5) is 5.69 Å². The van der Waals surface area contributed by atoms with Crippen LogP contribution >= 0.6 is 11.3 Å². The molecule has 8 nitrogen and oxygen atoms in total. The SMILES string of the molecule is COc1ccc(C(=O)Nc2ccc(C(C)(C)COC(=O)c3cc4c(C)nn(C)c4s3)cc2)cc1OC. The fraction of sp³-hybridized carbons (Fsp3) is 0.296. The van der Waals surface area contributed by atoms with Crippen LogP contribution in [0.25, 0.3) is 10.2 Å². The number of esters is 1. The number of aryl methyl sites for hydroxylation is 2. The van der Waals surface area contributed by atoms with E-state index in [4.69, 9.17) is 14.2 Å². The van der Waals surface area contributed by atoms with Gasteiger partial charge < -0.3 is 19.5 Å². The molecule has 188 valence electrons. The number of ether oxygens (including phenoxy) is 3. The molecule has 0 aliphatic heterocycles. The number of carbonyl (C=O) groups excluding carboxylic acids is 2. The van der Waals surface area contributed by atoms with Crippen LogP contribution in [-0.2, 0) is 17.2 Å². The summed E-state index contributed by atoms with van der Waals surface area (Å²) in [5.74, 6) is 0.438. The van der Waals surface area contributed by atoms with Crippen LogP contribution in [0.15, 0.2) is 48.5 Å². The van der Waals surface area contributed by atoms with Gasteiger partial charge in [-0.3, -0.25) is 9.48 Å². The highest BCUT2D eigenvalue weighted by atomic mass is 32.1. The minimum Gasteiger partial charge on any atom is -0.493 e. The molecule has 1 N–H and O–H groups in total.